The molecular weight excluding hydrogens is 268 g/mol. The lowest BCUT2D eigenvalue weighted by atomic mass is 10.1. The summed E-state index contributed by atoms with van der Waals surface area (Å²) in [4.78, 5) is 10.6. The van der Waals surface area contributed by atoms with Gasteiger partial charge < -0.3 is 4.74 Å². The van der Waals surface area contributed by atoms with Crippen LogP contribution in [0.5, 0.6) is 5.75 Å². The number of nitriles is 1. The van der Waals surface area contributed by atoms with Crippen molar-refractivity contribution in [2.45, 2.75) is 20.5 Å². The third-order valence-electron chi connectivity index (χ3n) is 3.17. The number of nitro benzene ring substituents is 1. The molecular formula is C16H14N2O3. The maximum absolute atomic E-state index is 11.0. The van der Waals surface area contributed by atoms with Gasteiger partial charge >= 0.3 is 5.69 Å². The molecule has 0 N–H and O–H groups in total. The van der Waals surface area contributed by atoms with Gasteiger partial charge in [-0.1, -0.05) is 12.1 Å². The molecule has 0 aromatic heterocycles. The van der Waals surface area contributed by atoms with E-state index in [4.69, 9.17) is 10.00 Å². The first-order valence-electron chi connectivity index (χ1n) is 6.38. The van der Waals surface area contributed by atoms with Crippen LogP contribution in [0.15, 0.2) is 36.4 Å². The summed E-state index contributed by atoms with van der Waals surface area (Å²) in [6.07, 6.45) is 0. The predicted octanol–water partition coefficient (Wildman–Crippen LogP) is 3.66. The van der Waals surface area contributed by atoms with Crippen LogP contribution < -0.4 is 4.74 Å². The van der Waals surface area contributed by atoms with E-state index in [2.05, 4.69) is 6.07 Å². The van der Waals surface area contributed by atoms with Gasteiger partial charge in [0.05, 0.1) is 16.6 Å². The highest BCUT2D eigenvalue weighted by Crippen LogP contribution is 2.28. The Labute approximate surface area is 122 Å². The van der Waals surface area contributed by atoms with Crippen molar-refractivity contribution < 1.29 is 9.66 Å². The molecule has 2 aromatic carbocycles. The summed E-state index contributed by atoms with van der Waals surface area (Å²) in [6, 6.07) is 12.2. The number of nitro groups is 1. The molecule has 0 aliphatic rings. The first kappa shape index (κ1) is 14.5. The van der Waals surface area contributed by atoms with Crippen LogP contribution in [0.3, 0.4) is 0 Å². The highest BCUT2D eigenvalue weighted by atomic mass is 16.6. The molecule has 0 unspecified atom stereocenters. The Morgan fingerprint density at radius 2 is 2.00 bits per heavy atom. The Balaban J connectivity index is 2.21. The topological polar surface area (TPSA) is 76.2 Å². The maximum atomic E-state index is 11.0. The van der Waals surface area contributed by atoms with E-state index in [1.165, 1.54) is 6.07 Å². The summed E-state index contributed by atoms with van der Waals surface area (Å²) in [5, 5.41) is 19.9. The minimum Gasteiger partial charge on any atom is -0.482 e. The largest absolute Gasteiger partial charge is 0.482 e. The third-order valence-corrected chi connectivity index (χ3v) is 3.17. The Morgan fingerprint density at radius 1 is 1.24 bits per heavy atom. The van der Waals surface area contributed by atoms with Crippen molar-refractivity contribution in [2.75, 3.05) is 0 Å². The zero-order chi connectivity index (χ0) is 15.4. The lowest BCUT2D eigenvalue weighted by Gasteiger charge is -2.09. The summed E-state index contributed by atoms with van der Waals surface area (Å²) in [5.41, 5.74) is 3.16. The first-order valence-corrected chi connectivity index (χ1v) is 6.38. The molecule has 0 heterocycles. The fourth-order valence-electron chi connectivity index (χ4n) is 1.98. The SMILES string of the molecule is Cc1ccc(OCc2ccc(C#N)cc2C)c([N+](=O)[O-])c1. The van der Waals surface area contributed by atoms with E-state index in [0.29, 0.717) is 5.56 Å². The Morgan fingerprint density at radius 3 is 2.62 bits per heavy atom. The van der Waals surface area contributed by atoms with Crippen molar-refractivity contribution in [3.63, 3.8) is 0 Å². The molecule has 0 saturated carbocycles. The van der Waals surface area contributed by atoms with Gasteiger partial charge in [0, 0.05) is 6.07 Å². The lowest BCUT2D eigenvalue weighted by molar-refractivity contribution is -0.386. The molecule has 5 heteroatoms. The third kappa shape index (κ3) is 3.37. The molecule has 2 rings (SSSR count). The highest BCUT2D eigenvalue weighted by molar-refractivity contribution is 5.48. The summed E-state index contributed by atoms with van der Waals surface area (Å²) in [6.45, 7) is 3.89. The fourth-order valence-corrected chi connectivity index (χ4v) is 1.98. The molecule has 21 heavy (non-hydrogen) atoms. The molecule has 0 aliphatic carbocycles. The van der Waals surface area contributed by atoms with Gasteiger partial charge in [0.2, 0.25) is 0 Å². The minimum absolute atomic E-state index is 0.0405. The molecule has 0 fully saturated rings. The normalized spacial score (nSPS) is 9.95. The first-order chi connectivity index (χ1) is 10.0. The van der Waals surface area contributed by atoms with Gasteiger partial charge in [-0.25, -0.2) is 0 Å². The summed E-state index contributed by atoms with van der Waals surface area (Å²) >= 11 is 0. The van der Waals surface area contributed by atoms with Crippen molar-refractivity contribution in [2.24, 2.45) is 0 Å². The summed E-state index contributed by atoms with van der Waals surface area (Å²) < 4.78 is 5.57. The number of hydrogen-bond donors (Lipinski definition) is 0. The highest BCUT2D eigenvalue weighted by Gasteiger charge is 2.15. The fraction of sp³-hybridized carbons (Fsp3) is 0.188. The van der Waals surface area contributed by atoms with Crippen LogP contribution in [-0.2, 0) is 6.61 Å². The number of benzene rings is 2. The quantitative estimate of drug-likeness (QED) is 0.633. The molecule has 0 amide bonds. The van der Waals surface area contributed by atoms with Gasteiger partial charge in [-0.2, -0.15) is 5.26 Å². The zero-order valence-electron chi connectivity index (χ0n) is 11.8. The number of nitrogens with zero attached hydrogens (tertiary/aromatic N) is 2. The maximum Gasteiger partial charge on any atom is 0.311 e. The molecule has 0 bridgehead atoms. The summed E-state index contributed by atoms with van der Waals surface area (Å²) in [5.74, 6) is 0.245. The van der Waals surface area contributed by atoms with Crippen molar-refractivity contribution in [1.82, 2.24) is 0 Å². The second-order valence-corrected chi connectivity index (χ2v) is 4.77. The number of aryl methyl sites for hydroxylation is 2. The van der Waals surface area contributed by atoms with Crippen LogP contribution in [0.25, 0.3) is 0 Å². The van der Waals surface area contributed by atoms with Gasteiger partial charge in [-0.15, -0.1) is 0 Å². The number of ether oxygens (including phenoxy) is 1. The molecule has 0 saturated heterocycles. The van der Waals surface area contributed by atoms with Crippen molar-refractivity contribution in [3.8, 4) is 11.8 Å². The van der Waals surface area contributed by atoms with E-state index < -0.39 is 4.92 Å². The van der Waals surface area contributed by atoms with E-state index in [1.54, 1.807) is 37.3 Å². The minimum atomic E-state index is -0.450. The van der Waals surface area contributed by atoms with Crippen molar-refractivity contribution >= 4 is 5.69 Å². The van der Waals surface area contributed by atoms with Gasteiger partial charge in [0.1, 0.15) is 6.61 Å². The molecule has 0 radical (unpaired) electrons. The van der Waals surface area contributed by atoms with Crippen LogP contribution in [0.4, 0.5) is 5.69 Å². The van der Waals surface area contributed by atoms with Crippen molar-refractivity contribution in [1.29, 1.82) is 5.26 Å². The van der Waals surface area contributed by atoms with Crippen LogP contribution in [0.2, 0.25) is 0 Å². The lowest BCUT2D eigenvalue weighted by Crippen LogP contribution is -2.01. The smallest absolute Gasteiger partial charge is 0.311 e. The molecule has 0 spiro atoms. The van der Waals surface area contributed by atoms with Crippen LogP contribution >= 0.6 is 0 Å². The van der Waals surface area contributed by atoms with E-state index in [9.17, 15) is 10.1 Å². The Hall–Kier alpha value is -2.87. The molecule has 0 atom stereocenters. The van der Waals surface area contributed by atoms with E-state index in [0.717, 1.165) is 16.7 Å². The van der Waals surface area contributed by atoms with Gasteiger partial charge in [-0.3, -0.25) is 10.1 Å². The number of hydrogen-bond acceptors (Lipinski definition) is 4. The second kappa shape index (κ2) is 6.06. The average molecular weight is 282 g/mol. The van der Waals surface area contributed by atoms with E-state index >= 15 is 0 Å². The molecule has 5 nitrogen and oxygen atoms in total. The monoisotopic (exact) mass is 282 g/mol. The van der Waals surface area contributed by atoms with Gasteiger partial charge in [0.15, 0.2) is 5.75 Å². The average Bonchev–Trinajstić information content (AvgIpc) is 2.46. The number of rotatable bonds is 4. The Bertz CT molecular complexity index is 733. The van der Waals surface area contributed by atoms with Crippen LogP contribution in [0.1, 0.15) is 22.3 Å². The summed E-state index contributed by atoms with van der Waals surface area (Å²) in [7, 11) is 0. The van der Waals surface area contributed by atoms with E-state index in [1.807, 2.05) is 6.92 Å². The second-order valence-electron chi connectivity index (χ2n) is 4.77. The van der Waals surface area contributed by atoms with Gasteiger partial charge in [-0.05, 0) is 48.7 Å². The zero-order valence-corrected chi connectivity index (χ0v) is 11.8. The Kier molecular flexibility index (Phi) is 4.19. The standard InChI is InChI=1S/C16H14N2O3/c1-11-3-6-16(15(7-11)18(19)20)21-10-14-5-4-13(9-17)8-12(14)2/h3-8H,10H2,1-2H3. The molecule has 106 valence electrons. The van der Waals surface area contributed by atoms with Crippen LogP contribution in [0, 0.1) is 35.3 Å². The predicted molar refractivity (Wildman–Crippen MR) is 78.1 cm³/mol. The van der Waals surface area contributed by atoms with Crippen LogP contribution in [-0.4, -0.2) is 4.92 Å². The van der Waals surface area contributed by atoms with E-state index in [-0.39, 0.29) is 18.0 Å². The van der Waals surface area contributed by atoms with Crippen molar-refractivity contribution in [3.05, 3.63) is 68.8 Å². The van der Waals surface area contributed by atoms with Gasteiger partial charge in [0.25, 0.3) is 0 Å². The molecule has 0 aliphatic heterocycles. The molecule has 2 aromatic rings.